The molecule has 0 aliphatic heterocycles. The van der Waals surface area contributed by atoms with Gasteiger partial charge in [0.15, 0.2) is 5.78 Å². The first-order valence-corrected chi connectivity index (χ1v) is 18.7. The number of carbonyl (C=O) groups excluding carboxylic acids is 3. The first-order valence-electron chi connectivity index (χ1n) is 18.7. The Morgan fingerprint density at radius 1 is 0.936 bits per heavy atom. The van der Waals surface area contributed by atoms with Gasteiger partial charge in [-0.3, -0.25) is 14.4 Å². The highest BCUT2D eigenvalue weighted by Gasteiger charge is 2.86. The predicted octanol–water partition coefficient (Wildman–Crippen LogP) is 7.97. The Morgan fingerprint density at radius 2 is 1.53 bits per heavy atom. The highest BCUT2D eigenvalue weighted by atomic mass is 16.6. The minimum Gasteiger partial charge on any atom is -0.461 e. The van der Waals surface area contributed by atoms with E-state index in [-0.39, 0.29) is 24.3 Å². The molecule has 2 N–H and O–H groups in total. The summed E-state index contributed by atoms with van der Waals surface area (Å²) >= 11 is 0. The Balaban J connectivity index is 1.27. The minimum atomic E-state index is -1.42. The number of hydrogen-bond donors (Lipinski definition) is 2. The molecule has 264 valence electrons. The van der Waals surface area contributed by atoms with Crippen LogP contribution in [0, 0.1) is 35.0 Å². The molecule has 0 aromatic rings. The van der Waals surface area contributed by atoms with Crippen LogP contribution in [0.3, 0.4) is 0 Å². The van der Waals surface area contributed by atoms with Crippen molar-refractivity contribution in [1.29, 1.82) is 0 Å². The number of aliphatic hydroxyl groups is 2. The smallest absolute Gasteiger partial charge is 0.306 e. The normalized spacial score (nSPS) is 33.7. The second kappa shape index (κ2) is 16.0. The zero-order chi connectivity index (χ0) is 34.4. The van der Waals surface area contributed by atoms with Crippen molar-refractivity contribution in [2.75, 3.05) is 6.61 Å². The molecule has 0 saturated heterocycles. The van der Waals surface area contributed by atoms with E-state index in [0.29, 0.717) is 18.4 Å². The molecule has 7 nitrogen and oxygen atoms in total. The average Bonchev–Trinajstić information content (AvgIpc) is 3.42. The summed E-state index contributed by atoms with van der Waals surface area (Å²) in [7, 11) is 0. The van der Waals surface area contributed by atoms with E-state index in [1.807, 2.05) is 26.0 Å². The molecule has 7 heteroatoms. The van der Waals surface area contributed by atoms with E-state index in [1.165, 1.54) is 58.3 Å². The lowest BCUT2D eigenvalue weighted by molar-refractivity contribution is -0.207. The van der Waals surface area contributed by atoms with Gasteiger partial charge < -0.3 is 19.7 Å². The number of allylic oxidation sites excluding steroid dienone is 3. The molecule has 4 aliphatic rings. The number of esters is 2. The van der Waals surface area contributed by atoms with Crippen molar-refractivity contribution in [2.45, 2.75) is 155 Å². The third-order valence-corrected chi connectivity index (χ3v) is 12.1. The average molecular weight is 655 g/mol. The van der Waals surface area contributed by atoms with Crippen molar-refractivity contribution in [1.82, 2.24) is 0 Å². The Kier molecular flexibility index (Phi) is 12.8. The summed E-state index contributed by atoms with van der Waals surface area (Å²) in [5, 5.41) is 24.1. The highest BCUT2D eigenvalue weighted by molar-refractivity contribution is 6.00. The van der Waals surface area contributed by atoms with Crippen LogP contribution in [0.5, 0.6) is 0 Å². The Bertz CT molecular complexity index is 1210. The first-order chi connectivity index (χ1) is 22.3. The van der Waals surface area contributed by atoms with Crippen LogP contribution < -0.4 is 0 Å². The van der Waals surface area contributed by atoms with E-state index in [0.717, 1.165) is 37.7 Å². The Labute approximate surface area is 283 Å². The van der Waals surface area contributed by atoms with Crippen molar-refractivity contribution >= 4 is 17.7 Å². The van der Waals surface area contributed by atoms with Crippen molar-refractivity contribution < 1.29 is 34.1 Å². The molecule has 0 radical (unpaired) electrons. The first kappa shape index (κ1) is 37.6. The van der Waals surface area contributed by atoms with E-state index >= 15 is 0 Å². The number of carbonyl (C=O) groups is 3. The quantitative estimate of drug-likeness (QED) is 0.0876. The number of hydrogen-bond acceptors (Lipinski definition) is 7. The summed E-state index contributed by atoms with van der Waals surface area (Å²) in [6, 6.07) is 0. The molecule has 0 amide bonds. The fourth-order valence-corrected chi connectivity index (χ4v) is 9.42. The van der Waals surface area contributed by atoms with Crippen LogP contribution in [0.4, 0.5) is 0 Å². The molecule has 0 aromatic heterocycles. The topological polar surface area (TPSA) is 110 Å². The molecule has 47 heavy (non-hydrogen) atoms. The number of rotatable bonds is 18. The molecule has 0 aromatic carbocycles. The van der Waals surface area contributed by atoms with E-state index in [9.17, 15) is 24.6 Å². The van der Waals surface area contributed by atoms with Gasteiger partial charge in [0.25, 0.3) is 0 Å². The summed E-state index contributed by atoms with van der Waals surface area (Å²) < 4.78 is 11.6. The molecule has 2 saturated carbocycles. The molecule has 0 heterocycles. The molecule has 0 bridgehead atoms. The van der Waals surface area contributed by atoms with E-state index < -0.39 is 52.4 Å². The highest BCUT2D eigenvalue weighted by Crippen LogP contribution is 2.76. The molecule has 0 spiro atoms. The molecule has 8 atom stereocenters. The molecule has 4 aliphatic carbocycles. The van der Waals surface area contributed by atoms with E-state index in [1.54, 1.807) is 13.8 Å². The summed E-state index contributed by atoms with van der Waals surface area (Å²) in [6.07, 6.45) is 23.7. The van der Waals surface area contributed by atoms with Crippen LogP contribution in [0.25, 0.3) is 0 Å². The van der Waals surface area contributed by atoms with Crippen molar-refractivity contribution in [3.63, 3.8) is 0 Å². The van der Waals surface area contributed by atoms with Gasteiger partial charge in [0.2, 0.25) is 0 Å². The Hall–Kier alpha value is -2.25. The number of fused-ring (bicyclic) bond motifs is 5. The van der Waals surface area contributed by atoms with Gasteiger partial charge in [0, 0.05) is 48.3 Å². The summed E-state index contributed by atoms with van der Waals surface area (Å²) in [4.78, 5) is 38.3. The maximum atomic E-state index is 13.3. The zero-order valence-corrected chi connectivity index (χ0v) is 30.0. The monoisotopic (exact) mass is 654 g/mol. The second-order valence-electron chi connectivity index (χ2n) is 15.6. The standard InChI is InChI=1S/C40H62O7/c1-7-8-9-10-11-12-13-14-15-16-17-18-19-20-21-22-34(42)46-26-30-24-31-32(23-27(2)35(31)43)39(45)28(3)37(44)40(47-29(4)41)36(33(39)25-30)38(40,5)6/h14-15,23,25,28,31-33,36-37,44-45H,7-13,16-22,24,26H2,1-6H3. The van der Waals surface area contributed by atoms with Gasteiger partial charge in [0.05, 0.1) is 11.7 Å². The van der Waals surface area contributed by atoms with E-state index in [4.69, 9.17) is 9.47 Å². The molecular formula is C40H62O7. The third-order valence-electron chi connectivity index (χ3n) is 12.1. The number of unbranched alkanes of at least 4 members (excludes halogenated alkanes) is 11. The fraction of sp³-hybridized carbons (Fsp3) is 0.775. The number of aliphatic hydroxyl groups excluding tert-OH is 1. The maximum absolute atomic E-state index is 13.3. The van der Waals surface area contributed by atoms with Gasteiger partial charge in [0.1, 0.15) is 12.2 Å². The van der Waals surface area contributed by atoms with Crippen LogP contribution in [0.1, 0.15) is 138 Å². The lowest BCUT2D eigenvalue weighted by atomic mass is 9.60. The number of ether oxygens (including phenoxy) is 2. The molecular weight excluding hydrogens is 592 g/mol. The van der Waals surface area contributed by atoms with Crippen LogP contribution in [-0.4, -0.2) is 51.8 Å². The van der Waals surface area contributed by atoms with Gasteiger partial charge in [-0.05, 0) is 56.6 Å². The SMILES string of the molecule is CCCCCCCCC=CCCCCCCCC(=O)OCC1=CC2C3C(C)(C)C3(OC(C)=O)C(O)C(C)C2(O)C2C=C(C)C(=O)C2C1. The summed E-state index contributed by atoms with van der Waals surface area (Å²) in [6.45, 7) is 11.2. The zero-order valence-electron chi connectivity index (χ0n) is 30.0. The number of Topliss-reactive ketones (excluding diaryl/α,β-unsaturated/α-hetero) is 1. The molecule has 4 rings (SSSR count). The van der Waals surface area contributed by atoms with E-state index in [2.05, 4.69) is 19.1 Å². The van der Waals surface area contributed by atoms with Crippen molar-refractivity contribution in [3.05, 3.63) is 35.5 Å². The van der Waals surface area contributed by atoms with Crippen LogP contribution in [0.2, 0.25) is 0 Å². The van der Waals surface area contributed by atoms with Gasteiger partial charge >= 0.3 is 11.9 Å². The number of ketones is 1. The predicted molar refractivity (Wildman–Crippen MR) is 184 cm³/mol. The fourth-order valence-electron chi connectivity index (χ4n) is 9.42. The van der Waals surface area contributed by atoms with Gasteiger partial charge in [-0.2, -0.15) is 0 Å². The maximum Gasteiger partial charge on any atom is 0.306 e. The lowest BCUT2D eigenvalue weighted by Gasteiger charge is -2.51. The van der Waals surface area contributed by atoms with Gasteiger partial charge in [-0.1, -0.05) is 103 Å². The Morgan fingerprint density at radius 3 is 2.15 bits per heavy atom. The lowest BCUT2D eigenvalue weighted by Crippen LogP contribution is -2.62. The van der Waals surface area contributed by atoms with Crippen LogP contribution in [0.15, 0.2) is 35.5 Å². The second-order valence-corrected chi connectivity index (χ2v) is 15.6. The minimum absolute atomic E-state index is 0.0110. The summed E-state index contributed by atoms with van der Waals surface area (Å²) in [5.41, 5.74) is -1.72. The van der Waals surface area contributed by atoms with Crippen LogP contribution in [-0.2, 0) is 23.9 Å². The van der Waals surface area contributed by atoms with Gasteiger partial charge in [-0.15, -0.1) is 0 Å². The third kappa shape index (κ3) is 7.66. The van der Waals surface area contributed by atoms with Crippen LogP contribution >= 0.6 is 0 Å². The van der Waals surface area contributed by atoms with Crippen molar-refractivity contribution in [3.8, 4) is 0 Å². The van der Waals surface area contributed by atoms with Crippen molar-refractivity contribution in [2.24, 2.45) is 35.0 Å². The summed E-state index contributed by atoms with van der Waals surface area (Å²) in [5.74, 6) is -3.20. The van der Waals surface area contributed by atoms with Gasteiger partial charge in [-0.25, -0.2) is 0 Å². The largest absolute Gasteiger partial charge is 0.461 e. The molecule has 2 fully saturated rings. The molecule has 8 unspecified atom stereocenters.